The number of hydrogen-bond acceptors (Lipinski definition) is 2. The highest BCUT2D eigenvalue weighted by Crippen LogP contribution is 2.38. The minimum atomic E-state index is 0.587. The fourth-order valence-electron chi connectivity index (χ4n) is 4.00. The van der Waals surface area contributed by atoms with Gasteiger partial charge in [0.1, 0.15) is 0 Å². The van der Waals surface area contributed by atoms with E-state index in [1.165, 1.54) is 83.7 Å². The van der Waals surface area contributed by atoms with Crippen molar-refractivity contribution in [3.63, 3.8) is 0 Å². The molecule has 0 heterocycles. The molecule has 0 aromatic carbocycles. The third-order valence-corrected chi connectivity index (χ3v) is 5.79. The molecule has 0 aliphatic heterocycles. The molecule has 0 spiro atoms. The van der Waals surface area contributed by atoms with Crippen LogP contribution >= 0.6 is 0 Å². The summed E-state index contributed by atoms with van der Waals surface area (Å²) in [6, 6.07) is 1.77. The predicted molar refractivity (Wildman–Crippen MR) is 81.4 cm³/mol. The molecule has 2 heteroatoms. The summed E-state index contributed by atoms with van der Waals surface area (Å²) in [7, 11) is 2.38. The van der Waals surface area contributed by atoms with Crippen LogP contribution in [0.1, 0.15) is 70.6 Å². The van der Waals surface area contributed by atoms with Crippen LogP contribution in [0, 0.1) is 5.41 Å². The van der Waals surface area contributed by atoms with Crippen molar-refractivity contribution in [1.29, 1.82) is 0 Å². The second-order valence-corrected chi connectivity index (χ2v) is 7.57. The van der Waals surface area contributed by atoms with Gasteiger partial charge in [0.2, 0.25) is 0 Å². The maximum atomic E-state index is 3.85. The summed E-state index contributed by atoms with van der Waals surface area (Å²) in [4.78, 5) is 2.70. The molecule has 3 saturated carbocycles. The highest BCUT2D eigenvalue weighted by molar-refractivity contribution is 4.92. The van der Waals surface area contributed by atoms with E-state index in [9.17, 15) is 0 Å². The minimum absolute atomic E-state index is 0.587. The van der Waals surface area contributed by atoms with Crippen LogP contribution in [0.25, 0.3) is 0 Å². The van der Waals surface area contributed by atoms with Gasteiger partial charge in [-0.3, -0.25) is 0 Å². The van der Waals surface area contributed by atoms with Gasteiger partial charge in [-0.15, -0.1) is 0 Å². The van der Waals surface area contributed by atoms with Crippen molar-refractivity contribution in [1.82, 2.24) is 10.2 Å². The van der Waals surface area contributed by atoms with Gasteiger partial charge < -0.3 is 10.2 Å². The third-order valence-electron chi connectivity index (χ3n) is 5.79. The normalized spacial score (nSPS) is 28.1. The summed E-state index contributed by atoms with van der Waals surface area (Å²) >= 11 is 0. The molecule has 1 N–H and O–H groups in total. The molecule has 0 bridgehead atoms. The van der Waals surface area contributed by atoms with E-state index in [2.05, 4.69) is 17.3 Å². The van der Waals surface area contributed by atoms with Crippen molar-refractivity contribution in [2.24, 2.45) is 5.41 Å². The Morgan fingerprint density at radius 3 is 2.16 bits per heavy atom. The van der Waals surface area contributed by atoms with Crippen molar-refractivity contribution in [2.45, 2.75) is 82.7 Å². The summed E-state index contributed by atoms with van der Waals surface area (Å²) in [5.74, 6) is 0. The summed E-state index contributed by atoms with van der Waals surface area (Å²) in [5.41, 5.74) is 0.587. The molecule has 3 aliphatic carbocycles. The van der Waals surface area contributed by atoms with Gasteiger partial charge in [0.15, 0.2) is 0 Å². The van der Waals surface area contributed by atoms with Crippen LogP contribution in [-0.4, -0.2) is 37.1 Å². The molecule has 0 saturated heterocycles. The Bertz CT molecular complexity index is 273. The van der Waals surface area contributed by atoms with E-state index in [4.69, 9.17) is 0 Å². The van der Waals surface area contributed by atoms with E-state index < -0.39 is 0 Å². The van der Waals surface area contributed by atoms with Crippen molar-refractivity contribution in [2.75, 3.05) is 20.1 Å². The summed E-state index contributed by atoms with van der Waals surface area (Å²) in [6.45, 7) is 2.63. The van der Waals surface area contributed by atoms with Crippen LogP contribution in [0.2, 0.25) is 0 Å². The molecule has 3 fully saturated rings. The summed E-state index contributed by atoms with van der Waals surface area (Å²) in [5, 5.41) is 3.85. The summed E-state index contributed by atoms with van der Waals surface area (Å²) < 4.78 is 0. The average molecular weight is 264 g/mol. The SMILES string of the molecule is CN(CC1(CNC2CC2)CCCCCC1)C1CCC1. The van der Waals surface area contributed by atoms with Crippen LogP contribution in [0.15, 0.2) is 0 Å². The molecule has 110 valence electrons. The molecule has 2 nitrogen and oxygen atoms in total. The van der Waals surface area contributed by atoms with E-state index >= 15 is 0 Å². The number of nitrogens with zero attached hydrogens (tertiary/aromatic N) is 1. The van der Waals surface area contributed by atoms with E-state index in [1.54, 1.807) is 0 Å². The first-order chi connectivity index (χ1) is 9.27. The molecule has 0 atom stereocenters. The Morgan fingerprint density at radius 1 is 0.947 bits per heavy atom. The first-order valence-electron chi connectivity index (χ1n) is 8.71. The van der Waals surface area contributed by atoms with Crippen molar-refractivity contribution in [3.8, 4) is 0 Å². The molecule has 0 unspecified atom stereocenters. The second-order valence-electron chi connectivity index (χ2n) is 7.57. The number of nitrogens with one attached hydrogen (secondary N) is 1. The van der Waals surface area contributed by atoms with Crippen LogP contribution in [0.3, 0.4) is 0 Å². The quantitative estimate of drug-likeness (QED) is 0.738. The Kier molecular flexibility index (Phi) is 4.48. The lowest BCUT2D eigenvalue weighted by Gasteiger charge is -2.43. The van der Waals surface area contributed by atoms with Gasteiger partial charge in [0.25, 0.3) is 0 Å². The van der Waals surface area contributed by atoms with Crippen LogP contribution in [0.4, 0.5) is 0 Å². The molecule has 0 aromatic heterocycles. The predicted octanol–water partition coefficient (Wildman–Crippen LogP) is 3.56. The molecule has 0 aromatic rings. The van der Waals surface area contributed by atoms with Gasteiger partial charge >= 0.3 is 0 Å². The molecule has 0 radical (unpaired) electrons. The second kappa shape index (κ2) is 6.13. The third kappa shape index (κ3) is 3.72. The first-order valence-corrected chi connectivity index (χ1v) is 8.71. The molecular weight excluding hydrogens is 232 g/mol. The van der Waals surface area contributed by atoms with Crippen molar-refractivity contribution >= 4 is 0 Å². The van der Waals surface area contributed by atoms with E-state index in [0.29, 0.717) is 5.41 Å². The fraction of sp³-hybridized carbons (Fsp3) is 1.00. The van der Waals surface area contributed by atoms with Crippen LogP contribution in [-0.2, 0) is 0 Å². The Labute approximate surface area is 119 Å². The highest BCUT2D eigenvalue weighted by atomic mass is 15.1. The average Bonchev–Trinajstić information content (AvgIpc) is 3.11. The maximum absolute atomic E-state index is 3.85. The van der Waals surface area contributed by atoms with Gasteiger partial charge in [-0.2, -0.15) is 0 Å². The standard InChI is InChI=1S/C17H32N2/c1-19(16-7-6-8-16)14-17(13-18-15-9-10-15)11-4-2-3-5-12-17/h15-16,18H,2-14H2,1H3. The highest BCUT2D eigenvalue weighted by Gasteiger charge is 2.36. The fourth-order valence-corrected chi connectivity index (χ4v) is 4.00. The zero-order chi connectivity index (χ0) is 13.1. The van der Waals surface area contributed by atoms with Crippen LogP contribution in [0.5, 0.6) is 0 Å². The van der Waals surface area contributed by atoms with Crippen molar-refractivity contribution < 1.29 is 0 Å². The smallest absolute Gasteiger partial charge is 0.00924 e. The maximum Gasteiger partial charge on any atom is 0.00924 e. The Balaban J connectivity index is 1.58. The minimum Gasteiger partial charge on any atom is -0.313 e. The van der Waals surface area contributed by atoms with Gasteiger partial charge in [-0.05, 0) is 51.0 Å². The van der Waals surface area contributed by atoms with E-state index in [-0.39, 0.29) is 0 Å². The van der Waals surface area contributed by atoms with Gasteiger partial charge in [-0.1, -0.05) is 32.1 Å². The molecular formula is C17H32N2. The number of rotatable bonds is 6. The Hall–Kier alpha value is -0.0800. The lowest BCUT2D eigenvalue weighted by molar-refractivity contribution is 0.0805. The lowest BCUT2D eigenvalue weighted by atomic mass is 9.78. The first kappa shape index (κ1) is 13.9. The van der Waals surface area contributed by atoms with Crippen molar-refractivity contribution in [3.05, 3.63) is 0 Å². The zero-order valence-corrected chi connectivity index (χ0v) is 12.8. The van der Waals surface area contributed by atoms with Gasteiger partial charge in [-0.25, -0.2) is 0 Å². The van der Waals surface area contributed by atoms with E-state index in [0.717, 1.165) is 12.1 Å². The van der Waals surface area contributed by atoms with Gasteiger partial charge in [0.05, 0.1) is 0 Å². The molecule has 3 rings (SSSR count). The Morgan fingerprint density at radius 2 is 1.63 bits per heavy atom. The number of hydrogen-bond donors (Lipinski definition) is 1. The lowest BCUT2D eigenvalue weighted by Crippen LogP contribution is -2.48. The summed E-state index contributed by atoms with van der Waals surface area (Å²) in [6.07, 6.45) is 16.0. The zero-order valence-electron chi connectivity index (χ0n) is 12.8. The van der Waals surface area contributed by atoms with E-state index in [1.807, 2.05) is 0 Å². The van der Waals surface area contributed by atoms with Gasteiger partial charge in [0, 0.05) is 25.2 Å². The monoisotopic (exact) mass is 264 g/mol. The molecule has 3 aliphatic rings. The van der Waals surface area contributed by atoms with Crippen LogP contribution < -0.4 is 5.32 Å². The molecule has 0 amide bonds. The largest absolute Gasteiger partial charge is 0.313 e. The molecule has 19 heavy (non-hydrogen) atoms. The topological polar surface area (TPSA) is 15.3 Å².